The smallest absolute Gasteiger partial charge is 0.113 e. The zero-order valence-corrected chi connectivity index (χ0v) is 12.3. The van der Waals surface area contributed by atoms with Crippen molar-refractivity contribution in [1.82, 2.24) is 10.3 Å². The summed E-state index contributed by atoms with van der Waals surface area (Å²) in [6.45, 7) is 7.28. The summed E-state index contributed by atoms with van der Waals surface area (Å²) in [4.78, 5) is 4.75. The van der Waals surface area contributed by atoms with Crippen LogP contribution in [-0.4, -0.2) is 23.2 Å². The molecule has 2 fully saturated rings. The quantitative estimate of drug-likeness (QED) is 0.913. The van der Waals surface area contributed by atoms with Crippen LogP contribution in [0, 0.1) is 6.92 Å². The first-order chi connectivity index (χ1) is 8.49. The fourth-order valence-electron chi connectivity index (χ4n) is 2.93. The fraction of sp³-hybridized carbons (Fsp3) is 0.786. The van der Waals surface area contributed by atoms with E-state index in [1.165, 1.54) is 17.8 Å². The van der Waals surface area contributed by atoms with Gasteiger partial charge in [-0.05, 0) is 40.0 Å². The number of aryl methyl sites for hydroxylation is 1. The number of rotatable bonds is 3. The van der Waals surface area contributed by atoms with E-state index in [1.807, 2.05) is 0 Å². The van der Waals surface area contributed by atoms with Crippen molar-refractivity contribution in [3.8, 4) is 0 Å². The molecule has 1 saturated heterocycles. The van der Waals surface area contributed by atoms with Crippen molar-refractivity contribution in [2.45, 2.75) is 63.6 Å². The number of ether oxygens (including phenoxy) is 1. The number of nitrogens with one attached hydrogen (secondary N) is 1. The molecule has 1 aliphatic carbocycles. The summed E-state index contributed by atoms with van der Waals surface area (Å²) < 4.78 is 5.89. The van der Waals surface area contributed by atoms with E-state index in [0.29, 0.717) is 6.04 Å². The molecule has 2 heterocycles. The van der Waals surface area contributed by atoms with Gasteiger partial charge in [-0.15, -0.1) is 11.3 Å². The van der Waals surface area contributed by atoms with Crippen LogP contribution in [0.1, 0.15) is 50.2 Å². The van der Waals surface area contributed by atoms with E-state index in [0.717, 1.165) is 25.1 Å². The molecule has 0 amide bonds. The molecule has 4 heteroatoms. The molecule has 18 heavy (non-hydrogen) atoms. The second kappa shape index (κ2) is 4.29. The van der Waals surface area contributed by atoms with Gasteiger partial charge in [-0.25, -0.2) is 4.98 Å². The minimum Gasteiger partial charge on any atom is -0.375 e. The summed E-state index contributed by atoms with van der Waals surface area (Å²) in [5, 5.41) is 7.27. The van der Waals surface area contributed by atoms with Gasteiger partial charge in [-0.3, -0.25) is 0 Å². The van der Waals surface area contributed by atoms with Crippen LogP contribution < -0.4 is 5.32 Å². The lowest BCUT2D eigenvalue weighted by Gasteiger charge is -2.44. The maximum Gasteiger partial charge on any atom is 0.113 e. The molecule has 3 rings (SSSR count). The average molecular weight is 266 g/mol. The van der Waals surface area contributed by atoms with Crippen LogP contribution in [0.5, 0.6) is 0 Å². The van der Waals surface area contributed by atoms with Gasteiger partial charge in [0.1, 0.15) is 5.01 Å². The van der Waals surface area contributed by atoms with Gasteiger partial charge in [0.15, 0.2) is 0 Å². The third-order valence-electron chi connectivity index (χ3n) is 3.84. The number of aromatic nitrogens is 1. The summed E-state index contributed by atoms with van der Waals surface area (Å²) in [7, 11) is 0. The van der Waals surface area contributed by atoms with E-state index in [1.54, 1.807) is 11.3 Å². The first kappa shape index (κ1) is 12.6. The van der Waals surface area contributed by atoms with Crippen LogP contribution in [0.4, 0.5) is 0 Å². The van der Waals surface area contributed by atoms with Crippen molar-refractivity contribution >= 4 is 11.3 Å². The van der Waals surface area contributed by atoms with Crippen molar-refractivity contribution in [2.75, 3.05) is 6.61 Å². The van der Waals surface area contributed by atoms with Crippen molar-refractivity contribution in [2.24, 2.45) is 0 Å². The standard InChI is InChI=1S/C14H22N2OS/c1-10-8-18-12(15-10)14(16-11-4-5-11)6-7-17-13(2,3)9-14/h8,11,16H,4-7,9H2,1-3H3. The molecule has 0 radical (unpaired) electrons. The lowest BCUT2D eigenvalue weighted by Crippen LogP contribution is -2.53. The summed E-state index contributed by atoms with van der Waals surface area (Å²) in [6.07, 6.45) is 4.68. The number of hydrogen-bond donors (Lipinski definition) is 1. The van der Waals surface area contributed by atoms with Crippen LogP contribution >= 0.6 is 11.3 Å². The molecule has 0 spiro atoms. The van der Waals surface area contributed by atoms with Crippen LogP contribution in [0.15, 0.2) is 5.38 Å². The topological polar surface area (TPSA) is 34.1 Å². The van der Waals surface area contributed by atoms with Gasteiger partial charge in [0.05, 0.1) is 11.1 Å². The normalized spacial score (nSPS) is 31.5. The van der Waals surface area contributed by atoms with E-state index >= 15 is 0 Å². The largest absolute Gasteiger partial charge is 0.375 e. The Bertz CT molecular complexity index is 439. The minimum atomic E-state index is -0.0558. The van der Waals surface area contributed by atoms with Gasteiger partial charge in [-0.1, -0.05) is 0 Å². The molecule has 1 atom stereocenters. The van der Waals surface area contributed by atoms with Crippen molar-refractivity contribution in [1.29, 1.82) is 0 Å². The van der Waals surface area contributed by atoms with E-state index in [4.69, 9.17) is 9.72 Å². The van der Waals surface area contributed by atoms with Crippen molar-refractivity contribution in [3.63, 3.8) is 0 Å². The Morgan fingerprint density at radius 1 is 1.44 bits per heavy atom. The Morgan fingerprint density at radius 2 is 2.22 bits per heavy atom. The monoisotopic (exact) mass is 266 g/mol. The van der Waals surface area contributed by atoms with Gasteiger partial charge >= 0.3 is 0 Å². The molecule has 1 aromatic rings. The molecule has 3 nitrogen and oxygen atoms in total. The Hall–Kier alpha value is -0.450. The molecular weight excluding hydrogens is 244 g/mol. The van der Waals surface area contributed by atoms with E-state index in [9.17, 15) is 0 Å². The Morgan fingerprint density at radius 3 is 2.78 bits per heavy atom. The third kappa shape index (κ3) is 2.46. The van der Waals surface area contributed by atoms with E-state index < -0.39 is 0 Å². The molecule has 1 N–H and O–H groups in total. The lowest BCUT2D eigenvalue weighted by atomic mass is 9.81. The molecule has 0 aromatic carbocycles. The highest BCUT2D eigenvalue weighted by Gasteiger charge is 2.46. The van der Waals surface area contributed by atoms with Gasteiger partial charge in [0.25, 0.3) is 0 Å². The number of nitrogens with zero attached hydrogens (tertiary/aromatic N) is 1. The summed E-state index contributed by atoms with van der Waals surface area (Å²) in [6, 6.07) is 0.697. The first-order valence-corrected chi connectivity index (χ1v) is 7.71. The van der Waals surface area contributed by atoms with E-state index in [-0.39, 0.29) is 11.1 Å². The molecule has 2 aliphatic rings. The van der Waals surface area contributed by atoms with Crippen molar-refractivity contribution < 1.29 is 4.74 Å². The zero-order valence-electron chi connectivity index (χ0n) is 11.5. The molecule has 100 valence electrons. The van der Waals surface area contributed by atoms with Crippen LogP contribution in [0.25, 0.3) is 0 Å². The third-order valence-corrected chi connectivity index (χ3v) is 5.00. The first-order valence-electron chi connectivity index (χ1n) is 6.83. The highest BCUT2D eigenvalue weighted by Crippen LogP contribution is 2.42. The molecule has 1 aliphatic heterocycles. The predicted molar refractivity (Wildman–Crippen MR) is 74.0 cm³/mol. The molecule has 0 bridgehead atoms. The lowest BCUT2D eigenvalue weighted by molar-refractivity contribution is -0.0903. The summed E-state index contributed by atoms with van der Waals surface area (Å²) in [5.41, 5.74) is 1.12. The second-order valence-corrected chi connectivity index (χ2v) is 7.19. The molecular formula is C14H22N2OS. The SMILES string of the molecule is Cc1csc(C2(NC3CC3)CCOC(C)(C)C2)n1. The highest BCUT2D eigenvalue weighted by atomic mass is 32.1. The van der Waals surface area contributed by atoms with Gasteiger partial charge in [0, 0.05) is 30.1 Å². The highest BCUT2D eigenvalue weighted by molar-refractivity contribution is 7.09. The maximum atomic E-state index is 5.89. The molecule has 1 aromatic heterocycles. The van der Waals surface area contributed by atoms with Gasteiger partial charge in [-0.2, -0.15) is 0 Å². The Kier molecular flexibility index (Phi) is 3.00. The average Bonchev–Trinajstić information content (AvgIpc) is 2.96. The number of thiazole rings is 1. The summed E-state index contributed by atoms with van der Waals surface area (Å²) >= 11 is 1.80. The molecule has 1 unspecified atom stereocenters. The Balaban J connectivity index is 1.92. The van der Waals surface area contributed by atoms with Crippen LogP contribution in [0.3, 0.4) is 0 Å². The summed E-state index contributed by atoms with van der Waals surface area (Å²) in [5.74, 6) is 0. The zero-order chi connectivity index (χ0) is 12.8. The number of hydrogen-bond acceptors (Lipinski definition) is 4. The van der Waals surface area contributed by atoms with E-state index in [2.05, 4.69) is 31.5 Å². The van der Waals surface area contributed by atoms with Crippen LogP contribution in [0.2, 0.25) is 0 Å². The fourth-order valence-corrected chi connectivity index (χ4v) is 3.92. The molecule has 1 saturated carbocycles. The minimum absolute atomic E-state index is 0.0435. The van der Waals surface area contributed by atoms with Gasteiger partial charge < -0.3 is 10.1 Å². The van der Waals surface area contributed by atoms with Crippen molar-refractivity contribution in [3.05, 3.63) is 16.1 Å². The van der Waals surface area contributed by atoms with Gasteiger partial charge in [0.2, 0.25) is 0 Å². The van der Waals surface area contributed by atoms with Crippen LogP contribution in [-0.2, 0) is 10.3 Å². The Labute approximate surface area is 113 Å². The maximum absolute atomic E-state index is 5.89. The predicted octanol–water partition coefficient (Wildman–Crippen LogP) is 2.99. The second-order valence-electron chi connectivity index (χ2n) is 6.33.